The number of hydrogen-bond donors (Lipinski definition) is 3. The maximum absolute atomic E-state index is 9.33. The van der Waals surface area contributed by atoms with Crippen LogP contribution in [0.15, 0.2) is 59.6 Å². The SMILES string of the molecule is CCNC(=NCc1ccc(N2CCC(CO)CC2)cc1)NCC(C)(C)c1ccccc1. The van der Waals surface area contributed by atoms with E-state index in [2.05, 4.69) is 90.9 Å². The van der Waals surface area contributed by atoms with Crippen molar-refractivity contribution >= 4 is 11.6 Å². The monoisotopic (exact) mass is 422 g/mol. The van der Waals surface area contributed by atoms with Crippen LogP contribution in [0, 0.1) is 5.92 Å². The smallest absolute Gasteiger partial charge is 0.191 e. The minimum Gasteiger partial charge on any atom is -0.396 e. The van der Waals surface area contributed by atoms with Gasteiger partial charge in [-0.15, -0.1) is 0 Å². The van der Waals surface area contributed by atoms with Gasteiger partial charge in [-0.3, -0.25) is 0 Å². The van der Waals surface area contributed by atoms with Gasteiger partial charge >= 0.3 is 0 Å². The minimum absolute atomic E-state index is 0.0164. The molecule has 2 aromatic carbocycles. The summed E-state index contributed by atoms with van der Waals surface area (Å²) < 4.78 is 0. The third-order valence-electron chi connectivity index (χ3n) is 6.19. The Morgan fingerprint density at radius 1 is 1.03 bits per heavy atom. The fourth-order valence-corrected chi connectivity index (χ4v) is 3.99. The van der Waals surface area contributed by atoms with E-state index in [0.717, 1.165) is 45.0 Å². The van der Waals surface area contributed by atoms with Crippen LogP contribution in [0.25, 0.3) is 0 Å². The Bertz CT molecular complexity index is 809. The molecule has 0 spiro atoms. The Labute approximate surface area is 187 Å². The minimum atomic E-state index is 0.0164. The number of nitrogens with zero attached hydrogens (tertiary/aromatic N) is 2. The van der Waals surface area contributed by atoms with Crippen molar-refractivity contribution in [1.82, 2.24) is 10.6 Å². The average Bonchev–Trinajstić information content (AvgIpc) is 2.82. The van der Waals surface area contributed by atoms with Crippen LogP contribution in [-0.4, -0.2) is 43.9 Å². The van der Waals surface area contributed by atoms with Crippen molar-refractivity contribution in [2.75, 3.05) is 37.7 Å². The van der Waals surface area contributed by atoms with Crippen molar-refractivity contribution in [3.63, 3.8) is 0 Å². The van der Waals surface area contributed by atoms with Crippen LogP contribution in [0.2, 0.25) is 0 Å². The predicted octanol–water partition coefficient (Wildman–Crippen LogP) is 3.93. The first kappa shape index (κ1) is 23.1. The zero-order valence-electron chi connectivity index (χ0n) is 19.3. The number of piperidine rings is 1. The van der Waals surface area contributed by atoms with Gasteiger partial charge < -0.3 is 20.6 Å². The summed E-state index contributed by atoms with van der Waals surface area (Å²) >= 11 is 0. The van der Waals surface area contributed by atoms with Gasteiger partial charge in [0.25, 0.3) is 0 Å². The van der Waals surface area contributed by atoms with Crippen LogP contribution in [0.5, 0.6) is 0 Å². The molecule has 0 radical (unpaired) electrons. The van der Waals surface area contributed by atoms with Gasteiger partial charge in [-0.1, -0.05) is 56.3 Å². The Morgan fingerprint density at radius 3 is 2.32 bits per heavy atom. The van der Waals surface area contributed by atoms with Crippen LogP contribution in [0.4, 0.5) is 5.69 Å². The molecule has 1 saturated heterocycles. The maximum Gasteiger partial charge on any atom is 0.191 e. The molecule has 3 rings (SSSR count). The molecular weight excluding hydrogens is 384 g/mol. The number of rotatable bonds is 8. The summed E-state index contributed by atoms with van der Waals surface area (Å²) in [4.78, 5) is 7.21. The molecular formula is C26H38N4O. The zero-order valence-corrected chi connectivity index (χ0v) is 19.3. The summed E-state index contributed by atoms with van der Waals surface area (Å²) in [7, 11) is 0. The molecule has 1 fully saturated rings. The van der Waals surface area contributed by atoms with Gasteiger partial charge in [0.05, 0.1) is 6.54 Å². The first-order chi connectivity index (χ1) is 15.0. The second kappa shape index (κ2) is 11.2. The lowest BCUT2D eigenvalue weighted by atomic mass is 9.85. The number of benzene rings is 2. The lowest BCUT2D eigenvalue weighted by Gasteiger charge is -2.32. The number of aliphatic hydroxyl groups excluding tert-OH is 1. The molecule has 0 atom stereocenters. The molecule has 3 N–H and O–H groups in total. The molecule has 0 aliphatic carbocycles. The van der Waals surface area contributed by atoms with Crippen LogP contribution in [0.3, 0.4) is 0 Å². The number of aliphatic hydroxyl groups is 1. The summed E-state index contributed by atoms with van der Waals surface area (Å²) in [5.74, 6) is 1.32. The van der Waals surface area contributed by atoms with Gasteiger partial charge in [-0.05, 0) is 48.9 Å². The van der Waals surface area contributed by atoms with Crippen LogP contribution < -0.4 is 15.5 Å². The van der Waals surface area contributed by atoms with Crippen molar-refractivity contribution in [3.8, 4) is 0 Å². The number of hydrogen-bond acceptors (Lipinski definition) is 3. The molecule has 1 aliphatic heterocycles. The Kier molecular flexibility index (Phi) is 8.35. The fraction of sp³-hybridized carbons (Fsp3) is 0.500. The van der Waals surface area contributed by atoms with E-state index in [1.807, 2.05) is 0 Å². The van der Waals surface area contributed by atoms with Gasteiger partial charge in [-0.2, -0.15) is 0 Å². The summed E-state index contributed by atoms with van der Waals surface area (Å²) in [6, 6.07) is 19.3. The molecule has 0 bridgehead atoms. The Morgan fingerprint density at radius 2 is 1.71 bits per heavy atom. The summed E-state index contributed by atoms with van der Waals surface area (Å²) in [5, 5.41) is 16.2. The fourth-order valence-electron chi connectivity index (χ4n) is 3.99. The molecule has 1 heterocycles. The van der Waals surface area contributed by atoms with Crippen molar-refractivity contribution in [2.45, 2.75) is 45.6 Å². The molecule has 5 heteroatoms. The third kappa shape index (κ3) is 6.73. The van der Waals surface area contributed by atoms with Gasteiger partial charge in [0.2, 0.25) is 0 Å². The molecule has 168 valence electrons. The van der Waals surface area contributed by atoms with Crippen LogP contribution >= 0.6 is 0 Å². The van der Waals surface area contributed by atoms with Gasteiger partial charge in [-0.25, -0.2) is 4.99 Å². The molecule has 0 amide bonds. The summed E-state index contributed by atoms with van der Waals surface area (Å²) in [5.41, 5.74) is 3.80. The first-order valence-electron chi connectivity index (χ1n) is 11.5. The molecule has 0 aromatic heterocycles. The Hall–Kier alpha value is -2.53. The second-order valence-corrected chi connectivity index (χ2v) is 9.08. The normalized spacial score (nSPS) is 15.7. The summed E-state index contributed by atoms with van der Waals surface area (Å²) in [6.45, 7) is 11.2. The largest absolute Gasteiger partial charge is 0.396 e. The Balaban J connectivity index is 1.56. The number of guanidine groups is 1. The first-order valence-corrected chi connectivity index (χ1v) is 11.5. The molecule has 31 heavy (non-hydrogen) atoms. The number of anilines is 1. The number of nitrogens with one attached hydrogen (secondary N) is 2. The predicted molar refractivity (Wildman–Crippen MR) is 131 cm³/mol. The van der Waals surface area contributed by atoms with Crippen LogP contribution in [-0.2, 0) is 12.0 Å². The molecule has 0 unspecified atom stereocenters. The number of aliphatic imine (C=N–C) groups is 1. The lowest BCUT2D eigenvalue weighted by molar-refractivity contribution is 0.203. The molecule has 2 aromatic rings. The zero-order chi connectivity index (χ0) is 22.1. The summed E-state index contributed by atoms with van der Waals surface area (Å²) in [6.07, 6.45) is 2.14. The average molecular weight is 423 g/mol. The van der Waals surface area contributed by atoms with Crippen molar-refractivity contribution in [1.29, 1.82) is 0 Å². The highest BCUT2D eigenvalue weighted by atomic mass is 16.3. The van der Waals surface area contributed by atoms with Gasteiger partial charge in [0, 0.05) is 43.9 Å². The topological polar surface area (TPSA) is 59.9 Å². The van der Waals surface area contributed by atoms with E-state index in [0.29, 0.717) is 19.1 Å². The van der Waals surface area contributed by atoms with E-state index in [4.69, 9.17) is 4.99 Å². The van der Waals surface area contributed by atoms with E-state index in [-0.39, 0.29) is 5.41 Å². The van der Waals surface area contributed by atoms with Crippen molar-refractivity contribution in [3.05, 3.63) is 65.7 Å². The molecule has 1 aliphatic rings. The van der Waals surface area contributed by atoms with Gasteiger partial charge in [0.1, 0.15) is 0 Å². The highest BCUT2D eigenvalue weighted by Crippen LogP contribution is 2.24. The van der Waals surface area contributed by atoms with E-state index in [9.17, 15) is 5.11 Å². The standard InChI is InChI=1S/C26H38N4O/c1-4-27-25(29-20-26(2,3)23-8-6-5-7-9-23)28-18-21-10-12-24(13-11-21)30-16-14-22(19-31)15-17-30/h5-13,22,31H,4,14-20H2,1-3H3,(H2,27,28,29). The lowest BCUT2D eigenvalue weighted by Crippen LogP contribution is -2.43. The highest BCUT2D eigenvalue weighted by molar-refractivity contribution is 5.79. The molecule has 5 nitrogen and oxygen atoms in total. The quantitative estimate of drug-likeness (QED) is 0.446. The van der Waals surface area contributed by atoms with Crippen molar-refractivity contribution in [2.24, 2.45) is 10.9 Å². The maximum atomic E-state index is 9.33. The van der Waals surface area contributed by atoms with Crippen LogP contribution in [0.1, 0.15) is 44.7 Å². The molecule has 0 saturated carbocycles. The second-order valence-electron chi connectivity index (χ2n) is 9.08. The van der Waals surface area contributed by atoms with Crippen molar-refractivity contribution < 1.29 is 5.11 Å². The highest BCUT2D eigenvalue weighted by Gasteiger charge is 2.21. The van der Waals surface area contributed by atoms with E-state index < -0.39 is 0 Å². The van der Waals surface area contributed by atoms with Gasteiger partial charge in [0.15, 0.2) is 5.96 Å². The van der Waals surface area contributed by atoms with E-state index >= 15 is 0 Å². The van der Waals surface area contributed by atoms with E-state index in [1.54, 1.807) is 0 Å². The third-order valence-corrected chi connectivity index (χ3v) is 6.19. The van der Waals surface area contributed by atoms with E-state index in [1.165, 1.54) is 16.8 Å².